The molecule has 2 aliphatic rings. The van der Waals surface area contributed by atoms with E-state index in [-0.39, 0.29) is 5.92 Å². The average Bonchev–Trinajstić information content (AvgIpc) is 3.41. The number of aromatic amines is 1. The Labute approximate surface area is 181 Å². The standard InChI is InChI=1S/C24H26ClN5/c1-16-3-2-4-23(25)21(16)6-5-17-12-27-24-22(17)11-18(13-28-24)19-14-29-30(15-19)20-7-9-26-10-8-20/h2-6,11-14,19-20,26H,7-10,15H2,1H3,(H,27,28). The van der Waals surface area contributed by atoms with Crippen molar-refractivity contribution in [2.75, 3.05) is 19.6 Å². The van der Waals surface area contributed by atoms with Gasteiger partial charge in [0.15, 0.2) is 0 Å². The molecule has 30 heavy (non-hydrogen) atoms. The number of hydrazone groups is 1. The van der Waals surface area contributed by atoms with Gasteiger partial charge in [0, 0.05) is 53.1 Å². The van der Waals surface area contributed by atoms with E-state index in [0.717, 1.165) is 65.2 Å². The van der Waals surface area contributed by atoms with Gasteiger partial charge in [0.1, 0.15) is 5.65 Å². The molecule has 5 rings (SSSR count). The highest BCUT2D eigenvalue weighted by Crippen LogP contribution is 2.29. The van der Waals surface area contributed by atoms with Gasteiger partial charge in [-0.15, -0.1) is 0 Å². The van der Waals surface area contributed by atoms with E-state index in [2.05, 4.69) is 57.7 Å². The van der Waals surface area contributed by atoms with Crippen molar-refractivity contribution >= 4 is 41.0 Å². The molecule has 3 aromatic rings. The minimum atomic E-state index is 0.286. The molecule has 1 unspecified atom stereocenters. The quantitative estimate of drug-likeness (QED) is 0.636. The maximum absolute atomic E-state index is 6.38. The van der Waals surface area contributed by atoms with Gasteiger partial charge in [-0.1, -0.05) is 35.9 Å². The Morgan fingerprint density at radius 2 is 2.07 bits per heavy atom. The molecule has 0 radical (unpaired) electrons. The summed E-state index contributed by atoms with van der Waals surface area (Å²) in [4.78, 5) is 7.95. The lowest BCUT2D eigenvalue weighted by Gasteiger charge is -2.30. The zero-order valence-electron chi connectivity index (χ0n) is 17.1. The minimum absolute atomic E-state index is 0.286. The first-order chi connectivity index (χ1) is 14.7. The summed E-state index contributed by atoms with van der Waals surface area (Å²) in [5.41, 5.74) is 5.45. The van der Waals surface area contributed by atoms with E-state index in [1.165, 1.54) is 5.56 Å². The summed E-state index contributed by atoms with van der Waals surface area (Å²) in [5, 5.41) is 12.3. The molecule has 2 N–H and O–H groups in total. The van der Waals surface area contributed by atoms with Crippen LogP contribution in [0.5, 0.6) is 0 Å². The lowest BCUT2D eigenvalue weighted by atomic mass is 9.99. The highest BCUT2D eigenvalue weighted by molar-refractivity contribution is 6.32. The van der Waals surface area contributed by atoms with Crippen LogP contribution in [-0.2, 0) is 0 Å². The van der Waals surface area contributed by atoms with E-state index in [4.69, 9.17) is 16.7 Å². The fourth-order valence-corrected chi connectivity index (χ4v) is 4.70. The minimum Gasteiger partial charge on any atom is -0.346 e. The van der Waals surface area contributed by atoms with Crippen molar-refractivity contribution in [1.82, 2.24) is 20.3 Å². The molecule has 1 fully saturated rings. The number of hydrogen-bond donors (Lipinski definition) is 2. The Balaban J connectivity index is 1.39. The van der Waals surface area contributed by atoms with Gasteiger partial charge in [-0.05, 0) is 61.7 Å². The van der Waals surface area contributed by atoms with Crippen molar-refractivity contribution in [2.45, 2.75) is 31.7 Å². The van der Waals surface area contributed by atoms with Gasteiger partial charge in [-0.3, -0.25) is 5.01 Å². The summed E-state index contributed by atoms with van der Waals surface area (Å²) in [5.74, 6) is 0.286. The van der Waals surface area contributed by atoms with E-state index in [1.807, 2.05) is 24.5 Å². The molecule has 1 saturated heterocycles. The van der Waals surface area contributed by atoms with Crippen LogP contribution in [-0.4, -0.2) is 46.9 Å². The van der Waals surface area contributed by atoms with Gasteiger partial charge in [-0.2, -0.15) is 5.10 Å². The van der Waals surface area contributed by atoms with Crippen LogP contribution in [0, 0.1) is 6.92 Å². The topological polar surface area (TPSA) is 56.3 Å². The zero-order chi connectivity index (χ0) is 20.5. The molecule has 4 heterocycles. The van der Waals surface area contributed by atoms with E-state index in [9.17, 15) is 0 Å². The van der Waals surface area contributed by atoms with Crippen molar-refractivity contribution in [1.29, 1.82) is 0 Å². The number of piperidine rings is 1. The summed E-state index contributed by atoms with van der Waals surface area (Å²) in [6.07, 6.45) is 12.6. The number of rotatable bonds is 4. The Kier molecular flexibility index (Phi) is 5.32. The molecule has 0 aliphatic carbocycles. The average molecular weight is 420 g/mol. The molecule has 0 amide bonds. The van der Waals surface area contributed by atoms with Crippen LogP contribution in [0.2, 0.25) is 5.02 Å². The van der Waals surface area contributed by atoms with Crippen molar-refractivity contribution in [3.63, 3.8) is 0 Å². The summed E-state index contributed by atoms with van der Waals surface area (Å²) in [6.45, 7) is 5.18. The van der Waals surface area contributed by atoms with Gasteiger partial charge >= 0.3 is 0 Å². The molecule has 154 valence electrons. The molecule has 5 nitrogen and oxygen atoms in total. The highest BCUT2D eigenvalue weighted by Gasteiger charge is 2.27. The first-order valence-electron chi connectivity index (χ1n) is 10.6. The number of fused-ring (bicyclic) bond motifs is 1. The molecule has 1 atom stereocenters. The van der Waals surface area contributed by atoms with Gasteiger partial charge in [0.05, 0.1) is 0 Å². The Morgan fingerprint density at radius 1 is 1.20 bits per heavy atom. The number of benzene rings is 1. The van der Waals surface area contributed by atoms with Gasteiger partial charge in [0.25, 0.3) is 0 Å². The Morgan fingerprint density at radius 3 is 2.90 bits per heavy atom. The van der Waals surface area contributed by atoms with Crippen LogP contribution in [0.4, 0.5) is 0 Å². The number of hydrogen-bond acceptors (Lipinski definition) is 4. The summed E-state index contributed by atoms with van der Waals surface area (Å²) in [7, 11) is 0. The van der Waals surface area contributed by atoms with Crippen molar-refractivity contribution < 1.29 is 0 Å². The van der Waals surface area contributed by atoms with E-state index in [0.29, 0.717) is 6.04 Å². The van der Waals surface area contributed by atoms with Crippen LogP contribution in [0.25, 0.3) is 23.2 Å². The molecule has 0 saturated carbocycles. The molecule has 0 bridgehead atoms. The highest BCUT2D eigenvalue weighted by atomic mass is 35.5. The van der Waals surface area contributed by atoms with Crippen molar-refractivity contribution in [3.05, 3.63) is 63.9 Å². The van der Waals surface area contributed by atoms with Crippen LogP contribution in [0.15, 0.2) is 41.8 Å². The van der Waals surface area contributed by atoms with Gasteiger partial charge in [0.2, 0.25) is 0 Å². The fourth-order valence-electron chi connectivity index (χ4n) is 4.41. The zero-order valence-corrected chi connectivity index (χ0v) is 17.9. The molecule has 2 aromatic heterocycles. The maximum Gasteiger partial charge on any atom is 0.137 e. The number of H-pyrrole nitrogens is 1. The lowest BCUT2D eigenvalue weighted by molar-refractivity contribution is 0.181. The fraction of sp³-hybridized carbons (Fsp3) is 0.333. The lowest BCUT2D eigenvalue weighted by Crippen LogP contribution is -2.40. The number of nitrogens with zero attached hydrogens (tertiary/aromatic N) is 3. The normalized spacial score (nSPS) is 20.1. The first-order valence-corrected chi connectivity index (χ1v) is 11.0. The molecular weight excluding hydrogens is 394 g/mol. The number of halogens is 1. The molecular formula is C24H26ClN5. The second kappa shape index (κ2) is 8.25. The van der Waals surface area contributed by atoms with Crippen LogP contribution < -0.4 is 5.32 Å². The SMILES string of the molecule is Cc1cccc(Cl)c1C=Cc1c[nH]c2ncc(C3C=NN(C4CCNCC4)C3)cc12. The second-order valence-corrected chi connectivity index (χ2v) is 8.59. The van der Waals surface area contributed by atoms with Gasteiger partial charge in [-0.25, -0.2) is 4.98 Å². The van der Waals surface area contributed by atoms with Crippen LogP contribution in [0.1, 0.15) is 41.0 Å². The maximum atomic E-state index is 6.38. The third-order valence-corrected chi connectivity index (χ3v) is 6.55. The third kappa shape index (κ3) is 3.75. The van der Waals surface area contributed by atoms with Crippen molar-refractivity contribution in [2.24, 2.45) is 5.10 Å². The summed E-state index contributed by atoms with van der Waals surface area (Å²) >= 11 is 6.38. The molecule has 2 aliphatic heterocycles. The Bertz CT molecular complexity index is 1090. The van der Waals surface area contributed by atoms with E-state index < -0.39 is 0 Å². The summed E-state index contributed by atoms with van der Waals surface area (Å²) < 4.78 is 0. The largest absolute Gasteiger partial charge is 0.346 e. The molecule has 0 spiro atoms. The predicted molar refractivity (Wildman–Crippen MR) is 125 cm³/mol. The molecule has 1 aromatic carbocycles. The Hall–Kier alpha value is -2.63. The second-order valence-electron chi connectivity index (χ2n) is 8.19. The number of nitrogens with one attached hydrogen (secondary N) is 2. The molecule has 6 heteroatoms. The third-order valence-electron chi connectivity index (χ3n) is 6.22. The van der Waals surface area contributed by atoms with Gasteiger partial charge < -0.3 is 10.3 Å². The van der Waals surface area contributed by atoms with Crippen LogP contribution >= 0.6 is 11.6 Å². The number of aromatic nitrogens is 2. The smallest absolute Gasteiger partial charge is 0.137 e. The first kappa shape index (κ1) is 19.3. The van der Waals surface area contributed by atoms with E-state index in [1.54, 1.807) is 0 Å². The number of aryl methyl sites for hydroxylation is 1. The number of pyridine rings is 1. The summed E-state index contributed by atoms with van der Waals surface area (Å²) in [6, 6.07) is 8.78. The van der Waals surface area contributed by atoms with Crippen molar-refractivity contribution in [3.8, 4) is 0 Å². The monoisotopic (exact) mass is 419 g/mol. The van der Waals surface area contributed by atoms with E-state index >= 15 is 0 Å². The van der Waals surface area contributed by atoms with Crippen LogP contribution in [0.3, 0.4) is 0 Å². The predicted octanol–water partition coefficient (Wildman–Crippen LogP) is 4.83.